The van der Waals surface area contributed by atoms with Gasteiger partial charge in [-0.05, 0) is 12.8 Å². The van der Waals surface area contributed by atoms with Crippen LogP contribution < -0.4 is 5.32 Å². The van der Waals surface area contributed by atoms with Gasteiger partial charge < -0.3 is 25.2 Å². The van der Waals surface area contributed by atoms with Crippen molar-refractivity contribution < 1.29 is 34.0 Å². The van der Waals surface area contributed by atoms with E-state index >= 15 is 0 Å². The molecule has 12 nitrogen and oxygen atoms in total. The number of rotatable bonds is 7. The Morgan fingerprint density at radius 3 is 2.73 bits per heavy atom. The van der Waals surface area contributed by atoms with Crippen LogP contribution in [0.5, 0.6) is 0 Å². The number of fused-ring (bicyclic) bond motifs is 1. The van der Waals surface area contributed by atoms with E-state index in [0.29, 0.717) is 23.0 Å². The van der Waals surface area contributed by atoms with Gasteiger partial charge in [-0.15, -0.1) is 4.67 Å². The first kappa shape index (κ1) is 21.6. The average molecular weight is 443 g/mol. The molecule has 0 aromatic carbocycles. The lowest BCUT2D eigenvalue weighted by atomic mass is 9.95. The number of hydrogen-bond donors (Lipinski definition) is 4. The van der Waals surface area contributed by atoms with Crippen LogP contribution in [0.1, 0.15) is 38.3 Å². The summed E-state index contributed by atoms with van der Waals surface area (Å²) in [6.45, 7) is 0.621. The number of nitrogens with zero attached hydrogens (tertiary/aromatic N) is 4. The summed E-state index contributed by atoms with van der Waals surface area (Å²) in [7, 11) is -3.84. The Morgan fingerprint density at radius 1 is 1.23 bits per heavy atom. The van der Waals surface area contributed by atoms with Crippen LogP contribution in [0, 0.1) is 0 Å². The van der Waals surface area contributed by atoms with Crippen LogP contribution in [0.3, 0.4) is 0 Å². The molecule has 2 aromatic heterocycles. The second-order valence-corrected chi connectivity index (χ2v) is 9.49. The lowest BCUT2D eigenvalue weighted by molar-refractivity contribution is -0.238. The molecule has 0 radical (unpaired) electrons. The van der Waals surface area contributed by atoms with Gasteiger partial charge in [0.1, 0.15) is 31.2 Å². The van der Waals surface area contributed by atoms with Crippen molar-refractivity contribution in [2.75, 3.05) is 18.6 Å². The number of imidazole rings is 1. The zero-order chi connectivity index (χ0) is 21.3. The first-order valence-electron chi connectivity index (χ1n) is 9.90. The van der Waals surface area contributed by atoms with Gasteiger partial charge in [0.2, 0.25) is 0 Å². The topological polar surface area (TPSA) is 161 Å². The summed E-state index contributed by atoms with van der Waals surface area (Å²) in [4.78, 5) is 26.8. The maximum absolute atomic E-state index is 11.1. The number of anilines is 1. The molecule has 3 heterocycles. The van der Waals surface area contributed by atoms with Crippen LogP contribution in [0.2, 0.25) is 0 Å². The molecule has 1 saturated carbocycles. The van der Waals surface area contributed by atoms with Gasteiger partial charge in [-0.3, -0.25) is 9.13 Å². The van der Waals surface area contributed by atoms with E-state index in [9.17, 15) is 14.8 Å². The molecule has 13 heteroatoms. The third kappa shape index (κ3) is 4.65. The monoisotopic (exact) mass is 443 g/mol. The van der Waals surface area contributed by atoms with E-state index in [1.807, 2.05) is 0 Å². The quantitative estimate of drug-likeness (QED) is 0.274. The summed E-state index contributed by atoms with van der Waals surface area (Å²) in [5.74, 6) is 0.619. The standard InChI is InChI=1S/C17H26N5O7P/c1-30(25,26)29-27-7-11-13(23)14(24)17(28-11)22-9-20-12-15(18-8-19-16(12)22)21-10-5-3-2-4-6-10/h8-11,13-14,17,23-24H,2-7H2,1H3,(H,25,26)(H,18,19,21)/t11-,13-,14-,17-/m1/s1. The number of aromatic nitrogens is 4. The van der Waals surface area contributed by atoms with Crippen LogP contribution in [0.15, 0.2) is 12.7 Å². The molecule has 1 saturated heterocycles. The van der Waals surface area contributed by atoms with Crippen LogP contribution in [0.4, 0.5) is 5.82 Å². The highest BCUT2D eigenvalue weighted by atomic mass is 31.2. The van der Waals surface area contributed by atoms with Crippen LogP contribution in [-0.2, 0) is 18.9 Å². The number of aliphatic hydroxyl groups excluding tert-OH is 2. The second kappa shape index (κ2) is 8.83. The molecule has 2 aromatic rings. The SMILES string of the molecule is CP(=O)(O)OOC[C@H]1O[C@@H](n2cnc3c(NC4CCCCC4)ncnc32)[C@H](O)[C@@H]1O. The summed E-state index contributed by atoms with van der Waals surface area (Å²) in [6, 6.07) is 0.333. The highest BCUT2D eigenvalue weighted by Gasteiger charge is 2.45. The first-order valence-corrected chi connectivity index (χ1v) is 11.9. The van der Waals surface area contributed by atoms with Crippen molar-refractivity contribution in [3.8, 4) is 0 Å². The normalized spacial score (nSPS) is 29.9. The highest BCUT2D eigenvalue weighted by molar-refractivity contribution is 7.51. The first-order chi connectivity index (χ1) is 14.3. The molecule has 2 aliphatic rings. The summed E-state index contributed by atoms with van der Waals surface area (Å²) in [6.07, 6.45) is 4.10. The molecule has 0 spiro atoms. The molecule has 166 valence electrons. The predicted molar refractivity (Wildman–Crippen MR) is 105 cm³/mol. The van der Waals surface area contributed by atoms with Crippen molar-refractivity contribution in [2.45, 2.75) is 62.7 Å². The van der Waals surface area contributed by atoms with E-state index in [1.54, 1.807) is 0 Å². The Labute approximate surface area is 172 Å². The molecule has 1 aliphatic carbocycles. The third-order valence-corrected chi connectivity index (χ3v) is 5.72. The lowest BCUT2D eigenvalue weighted by Gasteiger charge is -2.23. The van der Waals surface area contributed by atoms with E-state index in [2.05, 4.69) is 29.8 Å². The van der Waals surface area contributed by atoms with Gasteiger partial charge in [-0.1, -0.05) is 19.3 Å². The van der Waals surface area contributed by atoms with E-state index in [4.69, 9.17) is 9.63 Å². The maximum atomic E-state index is 11.1. The molecule has 30 heavy (non-hydrogen) atoms. The van der Waals surface area contributed by atoms with Gasteiger partial charge in [0, 0.05) is 12.7 Å². The number of aliphatic hydroxyl groups is 2. The molecule has 0 bridgehead atoms. The maximum Gasteiger partial charge on any atom is 0.352 e. The Hall–Kier alpha value is -1.66. The summed E-state index contributed by atoms with van der Waals surface area (Å²) >= 11 is 0. The number of ether oxygens (including phenoxy) is 1. The number of nitrogens with one attached hydrogen (secondary N) is 1. The van der Waals surface area contributed by atoms with Crippen LogP contribution in [-0.4, -0.2) is 72.3 Å². The van der Waals surface area contributed by atoms with Crippen LogP contribution in [0.25, 0.3) is 11.2 Å². The Kier molecular flexibility index (Phi) is 6.35. The molecule has 4 rings (SSSR count). The van der Waals surface area contributed by atoms with Gasteiger partial charge in [0.05, 0.1) is 6.33 Å². The molecule has 4 N–H and O–H groups in total. The van der Waals surface area contributed by atoms with Gasteiger partial charge in [-0.2, -0.15) is 0 Å². The molecule has 1 unspecified atom stereocenters. The third-order valence-electron chi connectivity index (χ3n) is 5.34. The molecule has 1 aliphatic heterocycles. The van der Waals surface area contributed by atoms with Crippen molar-refractivity contribution >= 4 is 24.6 Å². The number of hydrogen-bond acceptors (Lipinski definition) is 10. The van der Waals surface area contributed by atoms with Gasteiger partial charge in [-0.25, -0.2) is 19.8 Å². The minimum absolute atomic E-state index is 0.333. The van der Waals surface area contributed by atoms with Crippen molar-refractivity contribution in [3.63, 3.8) is 0 Å². The van der Waals surface area contributed by atoms with Crippen molar-refractivity contribution in [1.29, 1.82) is 0 Å². The highest BCUT2D eigenvalue weighted by Crippen LogP contribution is 2.38. The minimum Gasteiger partial charge on any atom is -0.387 e. The fourth-order valence-electron chi connectivity index (χ4n) is 3.88. The smallest absolute Gasteiger partial charge is 0.352 e. The Morgan fingerprint density at radius 2 is 2.00 bits per heavy atom. The minimum atomic E-state index is -3.84. The molecule has 0 amide bonds. The fraction of sp³-hybridized carbons (Fsp3) is 0.706. The van der Waals surface area contributed by atoms with Gasteiger partial charge in [0.15, 0.2) is 23.2 Å². The lowest BCUT2D eigenvalue weighted by Crippen LogP contribution is -2.33. The van der Waals surface area contributed by atoms with E-state index in [0.717, 1.165) is 19.5 Å². The van der Waals surface area contributed by atoms with Gasteiger partial charge in [0.25, 0.3) is 0 Å². The van der Waals surface area contributed by atoms with Crippen LogP contribution >= 0.6 is 7.60 Å². The zero-order valence-electron chi connectivity index (χ0n) is 16.5. The molecule has 5 atom stereocenters. The summed E-state index contributed by atoms with van der Waals surface area (Å²) < 4.78 is 22.7. The molecular weight excluding hydrogens is 417 g/mol. The van der Waals surface area contributed by atoms with E-state index in [1.165, 1.54) is 36.5 Å². The second-order valence-electron chi connectivity index (χ2n) is 7.73. The van der Waals surface area contributed by atoms with E-state index < -0.39 is 32.1 Å². The fourth-order valence-corrected chi connectivity index (χ4v) is 4.13. The molecule has 2 fully saturated rings. The largest absolute Gasteiger partial charge is 0.387 e. The average Bonchev–Trinajstić information content (AvgIpc) is 3.25. The van der Waals surface area contributed by atoms with Crippen molar-refractivity contribution in [1.82, 2.24) is 19.5 Å². The summed E-state index contributed by atoms with van der Waals surface area (Å²) in [5, 5.41) is 24.2. The predicted octanol–water partition coefficient (Wildman–Crippen LogP) is 0.953. The Bertz CT molecular complexity index is 915. The molecular formula is C17H26N5O7P. The summed E-state index contributed by atoms with van der Waals surface area (Å²) in [5.41, 5.74) is 0.995. The van der Waals surface area contributed by atoms with Crippen molar-refractivity contribution in [3.05, 3.63) is 12.7 Å². The van der Waals surface area contributed by atoms with E-state index in [-0.39, 0.29) is 6.61 Å². The van der Waals surface area contributed by atoms with Gasteiger partial charge >= 0.3 is 7.60 Å². The zero-order valence-corrected chi connectivity index (χ0v) is 17.4. The Balaban J connectivity index is 1.50. The van der Waals surface area contributed by atoms with Crippen molar-refractivity contribution in [2.24, 2.45) is 0 Å².